The quantitative estimate of drug-likeness (QED) is 0.183. The van der Waals surface area contributed by atoms with E-state index in [-0.39, 0.29) is 23.5 Å². The van der Waals surface area contributed by atoms with Crippen molar-refractivity contribution in [3.63, 3.8) is 0 Å². The standard InChI is InChI=1S/C27H24BrN5O5/c1-31-23-16-19(4-9-22(23)26(28)30-31)27(35)32-14-12-18(13-15-32)17-2-5-20(6-3-17)29-24(34)10-7-21-8-11-25(38-21)33(36)37/h2-11,16,18H,12-15H2,1H3,(H,29,34)/b10-7+. The number of piperidine rings is 1. The number of halogens is 1. The van der Waals surface area contributed by atoms with Gasteiger partial charge in [0.05, 0.1) is 11.6 Å². The maximum atomic E-state index is 13.1. The van der Waals surface area contributed by atoms with Crippen molar-refractivity contribution in [1.29, 1.82) is 0 Å². The Labute approximate surface area is 226 Å². The summed E-state index contributed by atoms with van der Waals surface area (Å²) < 4.78 is 7.53. The molecule has 3 heterocycles. The van der Waals surface area contributed by atoms with Gasteiger partial charge in [0.25, 0.3) is 5.91 Å². The van der Waals surface area contributed by atoms with Crippen molar-refractivity contribution in [1.82, 2.24) is 14.7 Å². The molecule has 10 nitrogen and oxygen atoms in total. The maximum absolute atomic E-state index is 13.1. The number of nitrogens with one attached hydrogen (secondary N) is 1. The number of nitrogens with zero attached hydrogens (tertiary/aromatic N) is 4. The van der Waals surface area contributed by atoms with Crippen LogP contribution in [0.2, 0.25) is 0 Å². The van der Waals surface area contributed by atoms with Crippen LogP contribution in [0.15, 0.2) is 69.7 Å². The lowest BCUT2D eigenvalue weighted by Crippen LogP contribution is -2.37. The van der Waals surface area contributed by atoms with Crippen LogP contribution in [0.5, 0.6) is 0 Å². The molecule has 2 amide bonds. The van der Waals surface area contributed by atoms with E-state index in [0.29, 0.717) is 30.3 Å². The summed E-state index contributed by atoms with van der Waals surface area (Å²) in [5, 5.41) is 18.8. The summed E-state index contributed by atoms with van der Waals surface area (Å²) in [7, 11) is 1.86. The Morgan fingerprint density at radius 1 is 1.13 bits per heavy atom. The zero-order chi connectivity index (χ0) is 26.8. The molecular formula is C27H24BrN5O5. The number of likely N-dealkylation sites (tertiary alicyclic amines) is 1. The van der Waals surface area contributed by atoms with Crippen LogP contribution in [-0.2, 0) is 11.8 Å². The van der Waals surface area contributed by atoms with Crippen LogP contribution in [0.25, 0.3) is 17.0 Å². The second-order valence-electron chi connectivity index (χ2n) is 9.09. The SMILES string of the molecule is Cn1nc(Br)c2ccc(C(=O)N3CCC(c4ccc(NC(=O)/C=C/c5ccc([N+](=O)[O-])o5)cc4)CC3)cc21. The van der Waals surface area contributed by atoms with E-state index < -0.39 is 4.92 Å². The third-order valence-corrected chi connectivity index (χ3v) is 7.26. The van der Waals surface area contributed by atoms with Crippen LogP contribution in [0.1, 0.15) is 40.4 Å². The first-order valence-corrected chi connectivity index (χ1v) is 12.8. The number of aromatic nitrogens is 2. The second-order valence-corrected chi connectivity index (χ2v) is 9.84. The Morgan fingerprint density at radius 2 is 1.87 bits per heavy atom. The lowest BCUT2D eigenvalue weighted by atomic mass is 9.89. The van der Waals surface area contributed by atoms with E-state index in [1.54, 1.807) is 4.68 Å². The highest BCUT2D eigenvalue weighted by Gasteiger charge is 2.25. The molecule has 0 saturated carbocycles. The van der Waals surface area contributed by atoms with Crippen molar-refractivity contribution >= 4 is 56.3 Å². The van der Waals surface area contributed by atoms with Crippen molar-refractivity contribution in [3.05, 3.63) is 92.3 Å². The number of hydrogen-bond donors (Lipinski definition) is 1. The highest BCUT2D eigenvalue weighted by atomic mass is 79.9. The van der Waals surface area contributed by atoms with E-state index in [2.05, 4.69) is 26.3 Å². The number of nitro groups is 1. The zero-order valence-electron chi connectivity index (χ0n) is 20.5. The van der Waals surface area contributed by atoms with Crippen LogP contribution in [0.4, 0.5) is 11.6 Å². The van der Waals surface area contributed by atoms with Crippen molar-refractivity contribution in [2.45, 2.75) is 18.8 Å². The van der Waals surface area contributed by atoms with Crippen LogP contribution >= 0.6 is 15.9 Å². The highest BCUT2D eigenvalue weighted by Crippen LogP contribution is 2.30. The predicted octanol–water partition coefficient (Wildman–Crippen LogP) is 5.51. The molecule has 0 radical (unpaired) electrons. The van der Waals surface area contributed by atoms with Gasteiger partial charge in [0, 0.05) is 42.9 Å². The minimum Gasteiger partial charge on any atom is -0.401 e. The molecule has 38 heavy (non-hydrogen) atoms. The summed E-state index contributed by atoms with van der Waals surface area (Å²) in [6.07, 6.45) is 4.34. The average Bonchev–Trinajstić information content (AvgIpc) is 3.52. The Balaban J connectivity index is 1.15. The molecule has 2 aromatic heterocycles. The van der Waals surface area contributed by atoms with Crippen molar-refractivity contribution in [3.8, 4) is 0 Å². The molecule has 194 valence electrons. The Kier molecular flexibility index (Phi) is 7.10. The smallest absolute Gasteiger partial charge is 0.401 e. The van der Waals surface area contributed by atoms with Gasteiger partial charge >= 0.3 is 5.88 Å². The molecule has 2 aromatic carbocycles. The molecule has 1 saturated heterocycles. The minimum absolute atomic E-state index is 0.0259. The Bertz CT molecular complexity index is 1550. The summed E-state index contributed by atoms with van der Waals surface area (Å²) in [6, 6.07) is 16.0. The van der Waals surface area contributed by atoms with Crippen molar-refractivity contribution in [2.75, 3.05) is 18.4 Å². The summed E-state index contributed by atoms with van der Waals surface area (Å²) in [5.74, 6) is -0.180. The molecule has 4 aromatic rings. The fourth-order valence-electron chi connectivity index (χ4n) is 4.66. The lowest BCUT2D eigenvalue weighted by Gasteiger charge is -2.32. The Morgan fingerprint density at radius 3 is 2.55 bits per heavy atom. The molecule has 0 bridgehead atoms. The van der Waals surface area contributed by atoms with Gasteiger partial charge in [-0.05, 0) is 82.7 Å². The first-order valence-electron chi connectivity index (χ1n) is 12.0. The van der Waals surface area contributed by atoms with Gasteiger partial charge in [0.15, 0.2) is 0 Å². The van der Waals surface area contributed by atoms with Crippen molar-refractivity contribution in [2.24, 2.45) is 7.05 Å². The largest absolute Gasteiger partial charge is 0.433 e. The van der Waals surface area contributed by atoms with Gasteiger partial charge in [-0.3, -0.25) is 24.4 Å². The molecular weight excluding hydrogens is 554 g/mol. The fraction of sp³-hybridized carbons (Fsp3) is 0.222. The number of carbonyl (C=O) groups excluding carboxylic acids is 2. The van der Waals surface area contributed by atoms with Crippen molar-refractivity contribution < 1.29 is 18.9 Å². The number of aryl methyl sites for hydroxylation is 1. The molecule has 0 aliphatic carbocycles. The van der Waals surface area contributed by atoms with Gasteiger partial charge in [-0.15, -0.1) is 0 Å². The third-order valence-electron chi connectivity index (χ3n) is 6.68. The number of anilines is 1. The molecule has 1 aliphatic heterocycles. The van der Waals surface area contributed by atoms with Crippen LogP contribution in [-0.4, -0.2) is 44.5 Å². The molecule has 1 fully saturated rings. The number of furan rings is 1. The number of fused-ring (bicyclic) bond motifs is 1. The monoisotopic (exact) mass is 577 g/mol. The van der Waals surface area contributed by atoms with Crippen LogP contribution in [0.3, 0.4) is 0 Å². The summed E-state index contributed by atoms with van der Waals surface area (Å²) in [5.41, 5.74) is 3.37. The first kappa shape index (κ1) is 25.4. The van der Waals surface area contributed by atoms with Gasteiger partial charge in [-0.2, -0.15) is 5.10 Å². The summed E-state index contributed by atoms with van der Waals surface area (Å²) in [4.78, 5) is 37.3. The lowest BCUT2D eigenvalue weighted by molar-refractivity contribution is -0.402. The fourth-order valence-corrected chi connectivity index (χ4v) is 5.23. The molecule has 1 N–H and O–H groups in total. The second kappa shape index (κ2) is 10.6. The molecule has 0 unspecified atom stereocenters. The normalized spacial score (nSPS) is 14.3. The van der Waals surface area contributed by atoms with E-state index in [4.69, 9.17) is 4.42 Å². The zero-order valence-corrected chi connectivity index (χ0v) is 22.1. The van der Waals surface area contributed by atoms with Gasteiger partial charge in [-0.25, -0.2) is 0 Å². The molecule has 5 rings (SSSR count). The summed E-state index contributed by atoms with van der Waals surface area (Å²) >= 11 is 3.45. The summed E-state index contributed by atoms with van der Waals surface area (Å²) in [6.45, 7) is 1.34. The molecule has 1 aliphatic rings. The maximum Gasteiger partial charge on any atom is 0.433 e. The number of benzene rings is 2. The van der Waals surface area contributed by atoms with Crippen LogP contribution < -0.4 is 5.32 Å². The van der Waals surface area contributed by atoms with E-state index in [0.717, 1.165) is 33.9 Å². The molecule has 11 heteroatoms. The van der Waals surface area contributed by atoms with Crippen LogP contribution in [0, 0.1) is 10.1 Å². The molecule has 0 spiro atoms. The predicted molar refractivity (Wildman–Crippen MR) is 146 cm³/mol. The van der Waals surface area contributed by atoms with E-state index >= 15 is 0 Å². The molecule has 0 atom stereocenters. The third kappa shape index (κ3) is 5.37. The number of carbonyl (C=O) groups is 2. The Hall–Kier alpha value is -4.25. The van der Waals surface area contributed by atoms with Gasteiger partial charge in [0.1, 0.15) is 15.3 Å². The van der Waals surface area contributed by atoms with Gasteiger partial charge in [-0.1, -0.05) is 12.1 Å². The van der Waals surface area contributed by atoms with E-state index in [1.165, 1.54) is 24.3 Å². The number of amides is 2. The average molecular weight is 578 g/mol. The number of rotatable bonds is 6. The number of hydrogen-bond acceptors (Lipinski definition) is 6. The van der Waals surface area contributed by atoms with E-state index in [1.807, 2.05) is 54.4 Å². The van der Waals surface area contributed by atoms with Gasteiger partial charge in [0.2, 0.25) is 5.91 Å². The van der Waals surface area contributed by atoms with Gasteiger partial charge < -0.3 is 14.6 Å². The minimum atomic E-state index is -0.636. The highest BCUT2D eigenvalue weighted by molar-refractivity contribution is 9.10. The van der Waals surface area contributed by atoms with E-state index in [9.17, 15) is 19.7 Å². The first-order chi connectivity index (χ1) is 18.3. The topological polar surface area (TPSA) is 124 Å².